The minimum atomic E-state index is -0.200. The van der Waals surface area contributed by atoms with Gasteiger partial charge < -0.3 is 9.47 Å². The van der Waals surface area contributed by atoms with E-state index in [-0.39, 0.29) is 12.3 Å². The van der Waals surface area contributed by atoms with E-state index in [1.165, 1.54) is 5.56 Å². The van der Waals surface area contributed by atoms with E-state index in [1.807, 2.05) is 17.9 Å². The average Bonchev–Trinajstić information content (AvgIpc) is 2.87. The maximum Gasteiger partial charge on any atom is 0.172 e. The predicted octanol–water partition coefficient (Wildman–Crippen LogP) is 3.27. The maximum atomic E-state index is 6.44. The van der Waals surface area contributed by atoms with Gasteiger partial charge in [-0.15, -0.1) is 0 Å². The van der Waals surface area contributed by atoms with Crippen molar-refractivity contribution >= 4 is 22.5 Å². The number of ether oxygens (including phenoxy) is 2. The number of hydrogen-bond acceptors (Lipinski definition) is 4. The number of likely N-dealkylation sites (tertiary alicyclic amines) is 1. The van der Waals surface area contributed by atoms with E-state index in [1.54, 1.807) is 14.2 Å². The molecular formula is C18H26ClN3O2. The molecule has 0 radical (unpaired) electrons. The van der Waals surface area contributed by atoms with Crippen molar-refractivity contribution in [3.63, 3.8) is 0 Å². The number of hydrogen-bond donors (Lipinski definition) is 0. The van der Waals surface area contributed by atoms with Gasteiger partial charge in [-0.1, -0.05) is 25.4 Å². The van der Waals surface area contributed by atoms with Crippen molar-refractivity contribution in [1.82, 2.24) is 14.7 Å². The number of aromatic nitrogens is 2. The molecule has 0 bridgehead atoms. The Hall–Kier alpha value is -1.14. The molecule has 0 unspecified atom stereocenters. The van der Waals surface area contributed by atoms with Crippen LogP contribution >= 0.6 is 11.6 Å². The summed E-state index contributed by atoms with van der Waals surface area (Å²) in [5, 5.41) is 6.09. The number of methoxy groups -OCH3 is 2. The Bertz CT molecular complexity index is 706. The zero-order chi connectivity index (χ0) is 17.4. The van der Waals surface area contributed by atoms with Crippen molar-refractivity contribution in [3.8, 4) is 0 Å². The van der Waals surface area contributed by atoms with Crippen molar-refractivity contribution in [2.45, 2.75) is 32.1 Å². The highest BCUT2D eigenvalue weighted by Gasteiger charge is 2.39. The summed E-state index contributed by atoms with van der Waals surface area (Å²) in [7, 11) is 5.36. The fraction of sp³-hybridized carbons (Fsp3) is 0.611. The lowest BCUT2D eigenvalue weighted by atomic mass is 9.87. The minimum absolute atomic E-state index is 0.200. The van der Waals surface area contributed by atoms with Crippen molar-refractivity contribution in [2.24, 2.45) is 13.0 Å². The number of benzene rings is 1. The van der Waals surface area contributed by atoms with Crippen LogP contribution in [0.4, 0.5) is 0 Å². The van der Waals surface area contributed by atoms with E-state index in [9.17, 15) is 0 Å². The first-order valence-electron chi connectivity index (χ1n) is 8.37. The predicted molar refractivity (Wildman–Crippen MR) is 96.5 cm³/mol. The van der Waals surface area contributed by atoms with E-state index in [0.717, 1.165) is 29.0 Å². The molecule has 1 aliphatic heterocycles. The summed E-state index contributed by atoms with van der Waals surface area (Å²) in [4.78, 5) is 2.44. The molecule has 1 aromatic heterocycles. The molecule has 1 atom stereocenters. The van der Waals surface area contributed by atoms with Gasteiger partial charge in [0.15, 0.2) is 6.29 Å². The number of fused-ring (bicyclic) bond motifs is 1. The Kier molecular flexibility index (Phi) is 5.16. The van der Waals surface area contributed by atoms with Gasteiger partial charge >= 0.3 is 0 Å². The molecular weight excluding hydrogens is 326 g/mol. The second-order valence-electron chi connectivity index (χ2n) is 6.93. The summed E-state index contributed by atoms with van der Waals surface area (Å²) in [6.07, 6.45) is 1.62. The summed E-state index contributed by atoms with van der Waals surface area (Å²) >= 11 is 6.44. The van der Waals surface area contributed by atoms with Crippen LogP contribution < -0.4 is 0 Å². The van der Waals surface area contributed by atoms with Crippen LogP contribution in [0.25, 0.3) is 10.9 Å². The molecule has 132 valence electrons. The molecule has 0 spiro atoms. The molecule has 2 aromatic rings. The van der Waals surface area contributed by atoms with Gasteiger partial charge in [-0.25, -0.2) is 0 Å². The highest BCUT2D eigenvalue weighted by atomic mass is 35.5. The van der Waals surface area contributed by atoms with E-state index in [4.69, 9.17) is 21.1 Å². The molecule has 1 aliphatic rings. The van der Waals surface area contributed by atoms with Gasteiger partial charge in [0.2, 0.25) is 0 Å². The lowest BCUT2D eigenvalue weighted by Crippen LogP contribution is -2.57. The number of rotatable bonds is 6. The SMILES string of the molecule is COC(OC)[C@@H](C(C)C)N1CC(c2cc(Cl)c3cnn(C)c3c2)C1. The Labute approximate surface area is 148 Å². The molecule has 24 heavy (non-hydrogen) atoms. The lowest BCUT2D eigenvalue weighted by molar-refractivity contribution is -0.168. The van der Waals surface area contributed by atoms with Gasteiger partial charge in [0.1, 0.15) is 0 Å². The van der Waals surface area contributed by atoms with Crippen LogP contribution in [0.5, 0.6) is 0 Å². The van der Waals surface area contributed by atoms with E-state index >= 15 is 0 Å². The molecule has 2 heterocycles. The molecule has 1 saturated heterocycles. The Morgan fingerprint density at radius 1 is 1.21 bits per heavy atom. The Morgan fingerprint density at radius 3 is 2.46 bits per heavy atom. The van der Waals surface area contributed by atoms with E-state index < -0.39 is 0 Å². The number of aryl methyl sites for hydroxylation is 1. The summed E-state index contributed by atoms with van der Waals surface area (Å²) in [6.45, 7) is 6.40. The molecule has 0 N–H and O–H groups in total. The smallest absolute Gasteiger partial charge is 0.172 e. The van der Waals surface area contributed by atoms with Crippen LogP contribution in [0.15, 0.2) is 18.3 Å². The van der Waals surface area contributed by atoms with Gasteiger partial charge in [-0.05, 0) is 23.6 Å². The molecule has 5 nitrogen and oxygen atoms in total. The van der Waals surface area contributed by atoms with Crippen LogP contribution in [-0.2, 0) is 16.5 Å². The Balaban J connectivity index is 1.77. The molecule has 0 aliphatic carbocycles. The minimum Gasteiger partial charge on any atom is -0.354 e. The molecule has 1 fully saturated rings. The molecule has 3 rings (SSSR count). The molecule has 1 aromatic carbocycles. The van der Waals surface area contributed by atoms with Crippen molar-refractivity contribution < 1.29 is 9.47 Å². The standard InChI is InChI=1S/C18H26ClN3O2/c1-11(2)17(18(23-4)24-5)22-9-13(10-22)12-6-15(19)14-8-20-21(3)16(14)7-12/h6-8,11,13,17-18H,9-10H2,1-5H3/t17-/m1/s1. The van der Waals surface area contributed by atoms with Crippen LogP contribution in [0.2, 0.25) is 5.02 Å². The van der Waals surface area contributed by atoms with Crippen LogP contribution in [0.1, 0.15) is 25.3 Å². The Morgan fingerprint density at radius 2 is 1.88 bits per heavy atom. The molecule has 6 heteroatoms. The van der Waals surface area contributed by atoms with Crippen LogP contribution in [0.3, 0.4) is 0 Å². The largest absolute Gasteiger partial charge is 0.354 e. The quantitative estimate of drug-likeness (QED) is 0.749. The monoisotopic (exact) mass is 351 g/mol. The summed E-state index contributed by atoms with van der Waals surface area (Å²) in [5.74, 6) is 0.941. The van der Waals surface area contributed by atoms with E-state index in [0.29, 0.717) is 11.8 Å². The van der Waals surface area contributed by atoms with Gasteiger partial charge in [0, 0.05) is 45.7 Å². The summed E-state index contributed by atoms with van der Waals surface area (Å²) in [5.41, 5.74) is 2.37. The third kappa shape index (κ3) is 3.06. The summed E-state index contributed by atoms with van der Waals surface area (Å²) in [6, 6.07) is 4.56. The zero-order valence-corrected chi connectivity index (χ0v) is 15.7. The van der Waals surface area contributed by atoms with Crippen LogP contribution in [-0.4, -0.2) is 54.3 Å². The topological polar surface area (TPSA) is 39.5 Å². The van der Waals surface area contributed by atoms with Gasteiger partial charge in [0.25, 0.3) is 0 Å². The fourth-order valence-electron chi connectivity index (χ4n) is 3.71. The van der Waals surface area contributed by atoms with Crippen molar-refractivity contribution in [3.05, 3.63) is 28.9 Å². The maximum absolute atomic E-state index is 6.44. The second kappa shape index (κ2) is 7.00. The highest BCUT2D eigenvalue weighted by molar-refractivity contribution is 6.35. The zero-order valence-electron chi connectivity index (χ0n) is 15.0. The summed E-state index contributed by atoms with van der Waals surface area (Å²) < 4.78 is 12.9. The number of halogens is 1. The highest BCUT2D eigenvalue weighted by Crippen LogP contribution is 2.36. The first-order chi connectivity index (χ1) is 11.5. The third-order valence-electron chi connectivity index (χ3n) is 5.07. The van der Waals surface area contributed by atoms with Crippen molar-refractivity contribution in [2.75, 3.05) is 27.3 Å². The normalized spacial score (nSPS) is 17.8. The molecule has 0 saturated carbocycles. The lowest BCUT2D eigenvalue weighted by Gasteiger charge is -2.48. The number of nitrogens with zero attached hydrogens (tertiary/aromatic N) is 3. The fourth-order valence-corrected chi connectivity index (χ4v) is 3.98. The molecule has 0 amide bonds. The third-order valence-corrected chi connectivity index (χ3v) is 5.38. The second-order valence-corrected chi connectivity index (χ2v) is 7.34. The van der Waals surface area contributed by atoms with Crippen molar-refractivity contribution in [1.29, 1.82) is 0 Å². The average molecular weight is 352 g/mol. The first kappa shape index (κ1) is 17.7. The van der Waals surface area contributed by atoms with Gasteiger partial charge in [0.05, 0.1) is 22.8 Å². The van der Waals surface area contributed by atoms with E-state index in [2.05, 4.69) is 36.0 Å². The van der Waals surface area contributed by atoms with Crippen LogP contribution in [0, 0.1) is 5.92 Å². The van der Waals surface area contributed by atoms with Gasteiger partial charge in [-0.2, -0.15) is 5.10 Å². The van der Waals surface area contributed by atoms with Gasteiger partial charge in [-0.3, -0.25) is 9.58 Å². The first-order valence-corrected chi connectivity index (χ1v) is 8.74.